The maximum atomic E-state index is 11.8. The van der Waals surface area contributed by atoms with E-state index in [9.17, 15) is 9.90 Å². The molecule has 0 fully saturated rings. The number of hydrogen-bond acceptors (Lipinski definition) is 4. The van der Waals surface area contributed by atoms with Crippen molar-refractivity contribution in [2.75, 3.05) is 6.61 Å². The van der Waals surface area contributed by atoms with E-state index in [0.717, 1.165) is 16.4 Å². The Bertz CT molecular complexity index is 821. The summed E-state index contributed by atoms with van der Waals surface area (Å²) in [5, 5.41) is 11.9. The van der Waals surface area contributed by atoms with Crippen molar-refractivity contribution in [3.8, 4) is 5.75 Å². The van der Waals surface area contributed by atoms with E-state index >= 15 is 0 Å². The second kappa shape index (κ2) is 4.52. The number of ether oxygens (including phenoxy) is 1. The SMILES string of the molecule is CCOC(=O)c1ncc2c(c1O)c1ccccc1n2C. The molecule has 0 aliphatic carbocycles. The largest absolute Gasteiger partial charge is 0.505 e. The van der Waals surface area contributed by atoms with Crippen molar-refractivity contribution < 1.29 is 14.6 Å². The van der Waals surface area contributed by atoms with Crippen LogP contribution in [0, 0.1) is 0 Å². The molecule has 0 radical (unpaired) electrons. The number of rotatable bonds is 2. The summed E-state index contributed by atoms with van der Waals surface area (Å²) in [6.45, 7) is 1.96. The number of carbonyl (C=O) groups excluding carboxylic acids is 1. The number of esters is 1. The Kier molecular flexibility index (Phi) is 2.82. The van der Waals surface area contributed by atoms with Crippen LogP contribution in [0.15, 0.2) is 30.5 Å². The summed E-state index contributed by atoms with van der Waals surface area (Å²) in [5.74, 6) is -0.738. The monoisotopic (exact) mass is 270 g/mol. The molecule has 3 rings (SSSR count). The number of benzene rings is 1. The minimum Gasteiger partial charge on any atom is -0.505 e. The lowest BCUT2D eigenvalue weighted by Crippen LogP contribution is -2.07. The Morgan fingerprint density at radius 3 is 2.85 bits per heavy atom. The van der Waals surface area contributed by atoms with E-state index in [1.54, 1.807) is 13.1 Å². The van der Waals surface area contributed by atoms with Gasteiger partial charge in [-0.05, 0) is 13.0 Å². The molecule has 0 aliphatic rings. The zero-order chi connectivity index (χ0) is 14.3. The van der Waals surface area contributed by atoms with E-state index in [0.29, 0.717) is 5.39 Å². The van der Waals surface area contributed by atoms with E-state index in [4.69, 9.17) is 4.74 Å². The average molecular weight is 270 g/mol. The first kappa shape index (κ1) is 12.5. The lowest BCUT2D eigenvalue weighted by Gasteiger charge is -2.05. The molecular weight excluding hydrogens is 256 g/mol. The molecular formula is C15H14N2O3. The van der Waals surface area contributed by atoms with Crippen LogP contribution in [0.1, 0.15) is 17.4 Å². The smallest absolute Gasteiger partial charge is 0.360 e. The quantitative estimate of drug-likeness (QED) is 0.727. The Morgan fingerprint density at radius 1 is 1.35 bits per heavy atom. The molecule has 0 amide bonds. The van der Waals surface area contributed by atoms with Gasteiger partial charge in [-0.2, -0.15) is 0 Å². The van der Waals surface area contributed by atoms with Gasteiger partial charge >= 0.3 is 5.97 Å². The Hall–Kier alpha value is -2.56. The summed E-state index contributed by atoms with van der Waals surface area (Å²) in [6.07, 6.45) is 1.58. The number of para-hydroxylation sites is 1. The molecule has 0 spiro atoms. The Balaban J connectivity index is 2.37. The highest BCUT2D eigenvalue weighted by atomic mass is 16.5. The molecule has 0 aliphatic heterocycles. The van der Waals surface area contributed by atoms with Crippen molar-refractivity contribution in [2.45, 2.75) is 6.92 Å². The molecule has 20 heavy (non-hydrogen) atoms. The van der Waals surface area contributed by atoms with Crippen LogP contribution in [-0.4, -0.2) is 27.2 Å². The van der Waals surface area contributed by atoms with Crippen LogP contribution in [0.5, 0.6) is 5.75 Å². The molecule has 2 aromatic heterocycles. The summed E-state index contributed by atoms with van der Waals surface area (Å²) in [6, 6.07) is 7.69. The second-order valence-electron chi connectivity index (χ2n) is 4.51. The predicted molar refractivity (Wildman–Crippen MR) is 75.8 cm³/mol. The molecule has 5 heteroatoms. The normalized spacial score (nSPS) is 11.1. The van der Waals surface area contributed by atoms with Gasteiger partial charge in [0.2, 0.25) is 0 Å². The van der Waals surface area contributed by atoms with E-state index in [-0.39, 0.29) is 18.1 Å². The third-order valence-corrected chi connectivity index (χ3v) is 3.40. The molecule has 0 bridgehead atoms. The van der Waals surface area contributed by atoms with Gasteiger partial charge in [0.15, 0.2) is 11.4 Å². The summed E-state index contributed by atoms with van der Waals surface area (Å²) < 4.78 is 6.85. The summed E-state index contributed by atoms with van der Waals surface area (Å²) >= 11 is 0. The van der Waals surface area contributed by atoms with Gasteiger partial charge in [0.25, 0.3) is 0 Å². The number of fused-ring (bicyclic) bond motifs is 3. The molecule has 2 heterocycles. The van der Waals surface area contributed by atoms with Crippen LogP contribution in [0.3, 0.4) is 0 Å². The first-order valence-corrected chi connectivity index (χ1v) is 6.37. The fourth-order valence-electron chi connectivity index (χ4n) is 2.47. The van der Waals surface area contributed by atoms with Crippen LogP contribution in [0.25, 0.3) is 21.8 Å². The first-order chi connectivity index (χ1) is 9.65. The van der Waals surface area contributed by atoms with E-state index in [2.05, 4.69) is 4.98 Å². The maximum Gasteiger partial charge on any atom is 0.360 e. The third kappa shape index (κ3) is 1.63. The fourth-order valence-corrected chi connectivity index (χ4v) is 2.47. The standard InChI is InChI=1S/C15H14N2O3/c1-3-20-15(19)13-14(18)12-9-6-4-5-7-10(9)17(2)11(12)8-16-13/h4-8,18H,3H2,1-2H3. The van der Waals surface area contributed by atoms with E-state index in [1.807, 2.05) is 35.9 Å². The van der Waals surface area contributed by atoms with Crippen molar-refractivity contribution in [2.24, 2.45) is 7.05 Å². The van der Waals surface area contributed by atoms with Crippen LogP contribution >= 0.6 is 0 Å². The first-order valence-electron chi connectivity index (χ1n) is 6.37. The predicted octanol–water partition coefficient (Wildman–Crippen LogP) is 2.61. The van der Waals surface area contributed by atoms with Crippen molar-refractivity contribution in [1.29, 1.82) is 0 Å². The highest BCUT2D eigenvalue weighted by Gasteiger charge is 2.20. The van der Waals surface area contributed by atoms with E-state index < -0.39 is 5.97 Å². The number of aryl methyl sites for hydroxylation is 1. The van der Waals surface area contributed by atoms with Gasteiger partial charge in [0.1, 0.15) is 0 Å². The average Bonchev–Trinajstić information content (AvgIpc) is 2.74. The highest BCUT2D eigenvalue weighted by molar-refractivity contribution is 6.13. The van der Waals surface area contributed by atoms with Crippen molar-refractivity contribution >= 4 is 27.8 Å². The van der Waals surface area contributed by atoms with Crippen LogP contribution < -0.4 is 0 Å². The second-order valence-corrected chi connectivity index (χ2v) is 4.51. The Labute approximate surface area is 115 Å². The fraction of sp³-hybridized carbons (Fsp3) is 0.200. The number of aromatic nitrogens is 2. The van der Waals surface area contributed by atoms with Crippen molar-refractivity contribution in [1.82, 2.24) is 9.55 Å². The number of carbonyl (C=O) groups is 1. The zero-order valence-electron chi connectivity index (χ0n) is 11.3. The number of hydrogen-bond donors (Lipinski definition) is 1. The summed E-state index contributed by atoms with van der Waals surface area (Å²) in [4.78, 5) is 15.8. The topological polar surface area (TPSA) is 64.3 Å². The van der Waals surface area contributed by atoms with Crippen molar-refractivity contribution in [3.63, 3.8) is 0 Å². The summed E-state index contributed by atoms with van der Waals surface area (Å²) in [7, 11) is 1.90. The molecule has 3 aromatic rings. The number of pyridine rings is 1. The minimum atomic E-state index is -0.611. The molecule has 0 unspecified atom stereocenters. The van der Waals surface area contributed by atoms with Crippen LogP contribution in [0.4, 0.5) is 0 Å². The lowest BCUT2D eigenvalue weighted by molar-refractivity contribution is 0.0516. The van der Waals surface area contributed by atoms with E-state index in [1.165, 1.54) is 0 Å². The van der Waals surface area contributed by atoms with Gasteiger partial charge in [-0.1, -0.05) is 18.2 Å². The molecule has 5 nitrogen and oxygen atoms in total. The van der Waals surface area contributed by atoms with Gasteiger partial charge in [-0.3, -0.25) is 0 Å². The van der Waals surface area contributed by atoms with Gasteiger partial charge in [0, 0.05) is 18.0 Å². The molecule has 1 N–H and O–H groups in total. The van der Waals surface area contributed by atoms with Gasteiger partial charge in [-0.25, -0.2) is 9.78 Å². The maximum absolute atomic E-state index is 11.8. The van der Waals surface area contributed by atoms with Crippen LogP contribution in [-0.2, 0) is 11.8 Å². The van der Waals surface area contributed by atoms with Gasteiger partial charge in [0.05, 0.1) is 23.7 Å². The zero-order valence-corrected chi connectivity index (χ0v) is 11.3. The van der Waals surface area contributed by atoms with Crippen molar-refractivity contribution in [3.05, 3.63) is 36.2 Å². The van der Waals surface area contributed by atoms with Crippen LogP contribution in [0.2, 0.25) is 0 Å². The third-order valence-electron chi connectivity index (χ3n) is 3.40. The van der Waals surface area contributed by atoms with Gasteiger partial charge < -0.3 is 14.4 Å². The lowest BCUT2D eigenvalue weighted by atomic mass is 10.1. The van der Waals surface area contributed by atoms with Gasteiger partial charge in [-0.15, -0.1) is 0 Å². The molecule has 0 saturated carbocycles. The molecule has 0 saturated heterocycles. The Morgan fingerprint density at radius 2 is 2.10 bits per heavy atom. The number of nitrogens with zero attached hydrogens (tertiary/aromatic N) is 2. The molecule has 102 valence electrons. The molecule has 0 atom stereocenters. The summed E-state index contributed by atoms with van der Waals surface area (Å²) in [5.41, 5.74) is 1.70. The number of aromatic hydroxyl groups is 1. The minimum absolute atomic E-state index is 0.0456. The molecule has 1 aromatic carbocycles. The highest BCUT2D eigenvalue weighted by Crippen LogP contribution is 2.35.